The van der Waals surface area contributed by atoms with Crippen LogP contribution in [0.3, 0.4) is 0 Å². The van der Waals surface area contributed by atoms with E-state index in [-0.39, 0.29) is 12.0 Å². The maximum atomic E-state index is 12.6. The van der Waals surface area contributed by atoms with Crippen LogP contribution in [-0.2, 0) is 0 Å². The Morgan fingerprint density at radius 2 is 1.93 bits per heavy atom. The predicted molar refractivity (Wildman–Crippen MR) is 98.4 cm³/mol. The van der Waals surface area contributed by atoms with Crippen LogP contribution in [0, 0.1) is 5.92 Å². The Kier molecular flexibility index (Phi) is 4.74. The minimum absolute atomic E-state index is 0.119. The Balaban J connectivity index is 1.60. The molecule has 0 saturated heterocycles. The van der Waals surface area contributed by atoms with Gasteiger partial charge in [0, 0.05) is 23.8 Å². The molecule has 10 heteroatoms. The first-order valence-electron chi connectivity index (χ1n) is 9.21. The number of hydrogen-bond acceptors (Lipinski definition) is 4. The van der Waals surface area contributed by atoms with Crippen LogP contribution < -0.4 is 16.6 Å². The topological polar surface area (TPSA) is 95.6 Å². The largest absolute Gasteiger partial charge is 0.401 e. The van der Waals surface area contributed by atoms with Crippen LogP contribution in [0.1, 0.15) is 31.7 Å². The lowest BCUT2D eigenvalue weighted by Gasteiger charge is -2.30. The fraction of sp³-hybridized carbons (Fsp3) is 0.500. The number of halogens is 3. The molecule has 1 aliphatic rings. The van der Waals surface area contributed by atoms with Crippen LogP contribution in [0.25, 0.3) is 21.9 Å². The molecule has 0 spiro atoms. The van der Waals surface area contributed by atoms with Gasteiger partial charge in [-0.05, 0) is 44.2 Å². The highest BCUT2D eigenvalue weighted by molar-refractivity contribution is 6.01. The minimum atomic E-state index is -4.21. The van der Waals surface area contributed by atoms with Crippen LogP contribution in [-0.4, -0.2) is 38.8 Å². The van der Waals surface area contributed by atoms with Gasteiger partial charge in [-0.2, -0.15) is 13.2 Å². The van der Waals surface area contributed by atoms with Gasteiger partial charge in [0.2, 0.25) is 0 Å². The fourth-order valence-corrected chi connectivity index (χ4v) is 4.12. The molecule has 0 aromatic carbocycles. The quantitative estimate of drug-likeness (QED) is 0.632. The van der Waals surface area contributed by atoms with Gasteiger partial charge >= 0.3 is 11.9 Å². The normalized spacial score (nSPS) is 20.8. The van der Waals surface area contributed by atoms with Gasteiger partial charge in [0.05, 0.1) is 17.4 Å². The number of hydrogen-bond donors (Lipinski definition) is 3. The predicted octanol–water partition coefficient (Wildman–Crippen LogP) is 2.45. The second-order valence-corrected chi connectivity index (χ2v) is 7.31. The monoisotopic (exact) mass is 395 g/mol. The molecule has 0 atom stereocenters. The second kappa shape index (κ2) is 7.08. The van der Waals surface area contributed by atoms with Crippen molar-refractivity contribution in [1.82, 2.24) is 24.8 Å². The number of nitrogens with one attached hydrogen (secondary N) is 3. The fourth-order valence-electron chi connectivity index (χ4n) is 4.12. The molecular weight excluding hydrogens is 375 g/mol. The molecule has 4 rings (SSSR count). The van der Waals surface area contributed by atoms with Gasteiger partial charge in [-0.25, -0.2) is 9.78 Å². The number of H-pyrrole nitrogens is 2. The third kappa shape index (κ3) is 3.56. The number of aromatic amines is 2. The summed E-state index contributed by atoms with van der Waals surface area (Å²) in [5.41, 5.74) is 0.205. The number of nitrogens with zero attached hydrogens (tertiary/aromatic N) is 2. The van der Waals surface area contributed by atoms with E-state index in [9.17, 15) is 22.8 Å². The number of rotatable bonds is 4. The summed E-state index contributed by atoms with van der Waals surface area (Å²) in [6.07, 6.45) is 1.69. The molecule has 150 valence electrons. The summed E-state index contributed by atoms with van der Waals surface area (Å²) in [7, 11) is 0. The highest BCUT2D eigenvalue weighted by Gasteiger charge is 2.29. The van der Waals surface area contributed by atoms with Crippen molar-refractivity contribution in [3.05, 3.63) is 39.3 Å². The molecule has 0 aliphatic heterocycles. The first-order chi connectivity index (χ1) is 13.3. The summed E-state index contributed by atoms with van der Waals surface area (Å²) < 4.78 is 38.5. The first kappa shape index (κ1) is 18.7. The van der Waals surface area contributed by atoms with Gasteiger partial charge in [-0.1, -0.05) is 0 Å². The Labute approximate surface area is 157 Å². The van der Waals surface area contributed by atoms with Gasteiger partial charge in [0.15, 0.2) is 0 Å². The minimum Gasteiger partial charge on any atom is -0.346 e. The summed E-state index contributed by atoms with van der Waals surface area (Å²) in [5.74, 6) is 0.136. The van der Waals surface area contributed by atoms with Gasteiger partial charge in [0.25, 0.3) is 5.56 Å². The Hall–Kier alpha value is -2.62. The summed E-state index contributed by atoms with van der Waals surface area (Å²) >= 11 is 0. The van der Waals surface area contributed by atoms with Gasteiger partial charge in [-0.3, -0.25) is 14.3 Å². The lowest BCUT2D eigenvalue weighted by atomic mass is 9.85. The molecular formula is C18H20F3N5O2. The first-order valence-corrected chi connectivity index (χ1v) is 9.21. The molecule has 3 N–H and O–H groups in total. The van der Waals surface area contributed by atoms with Crippen molar-refractivity contribution >= 4 is 21.9 Å². The van der Waals surface area contributed by atoms with Crippen molar-refractivity contribution in [1.29, 1.82) is 0 Å². The van der Waals surface area contributed by atoms with E-state index in [2.05, 4.69) is 20.3 Å². The molecule has 1 fully saturated rings. The van der Waals surface area contributed by atoms with Crippen molar-refractivity contribution in [3.8, 4) is 0 Å². The zero-order valence-corrected chi connectivity index (χ0v) is 15.0. The lowest BCUT2D eigenvalue weighted by Crippen LogP contribution is -2.37. The average Bonchev–Trinajstić information content (AvgIpc) is 3.11. The Bertz CT molecular complexity index is 1110. The summed E-state index contributed by atoms with van der Waals surface area (Å²) in [5, 5.41) is 3.52. The third-order valence-electron chi connectivity index (χ3n) is 5.42. The van der Waals surface area contributed by atoms with E-state index in [1.54, 1.807) is 16.8 Å². The van der Waals surface area contributed by atoms with E-state index in [4.69, 9.17) is 0 Å². The molecule has 0 unspecified atom stereocenters. The lowest BCUT2D eigenvalue weighted by molar-refractivity contribution is -0.125. The molecule has 0 amide bonds. The molecule has 1 aliphatic carbocycles. The van der Waals surface area contributed by atoms with Gasteiger partial charge < -0.3 is 10.3 Å². The Morgan fingerprint density at radius 1 is 1.18 bits per heavy atom. The van der Waals surface area contributed by atoms with Crippen molar-refractivity contribution < 1.29 is 13.2 Å². The zero-order valence-electron chi connectivity index (χ0n) is 15.0. The molecule has 3 aromatic rings. The van der Waals surface area contributed by atoms with E-state index in [0.717, 1.165) is 0 Å². The summed E-state index contributed by atoms with van der Waals surface area (Å²) in [4.78, 5) is 34.4. The molecule has 0 radical (unpaired) electrons. The van der Waals surface area contributed by atoms with Crippen molar-refractivity contribution in [3.63, 3.8) is 0 Å². The average molecular weight is 395 g/mol. The smallest absolute Gasteiger partial charge is 0.346 e. The van der Waals surface area contributed by atoms with Crippen molar-refractivity contribution in [2.45, 2.75) is 37.9 Å². The van der Waals surface area contributed by atoms with Crippen molar-refractivity contribution in [2.24, 2.45) is 5.92 Å². The molecule has 7 nitrogen and oxygen atoms in total. The molecule has 3 heterocycles. The van der Waals surface area contributed by atoms with Crippen LogP contribution in [0.5, 0.6) is 0 Å². The van der Waals surface area contributed by atoms with E-state index in [1.807, 2.05) is 0 Å². The van der Waals surface area contributed by atoms with Crippen LogP contribution >= 0.6 is 0 Å². The van der Waals surface area contributed by atoms with Crippen molar-refractivity contribution in [2.75, 3.05) is 13.1 Å². The van der Waals surface area contributed by atoms with E-state index in [1.165, 1.54) is 6.20 Å². The third-order valence-corrected chi connectivity index (χ3v) is 5.42. The highest BCUT2D eigenvalue weighted by Crippen LogP contribution is 2.33. The number of aromatic nitrogens is 4. The number of alkyl halides is 3. The zero-order chi connectivity index (χ0) is 19.9. The molecule has 1 saturated carbocycles. The highest BCUT2D eigenvalue weighted by atomic mass is 19.4. The SMILES string of the molecule is O=c1[nH]c(=O)n(C2CCC(CNCC(F)(F)F)CC2)c2c1cnc1[nH]ccc12. The molecule has 0 bridgehead atoms. The van der Waals surface area contributed by atoms with E-state index < -0.39 is 24.0 Å². The van der Waals surface area contributed by atoms with Crippen LogP contribution in [0.15, 0.2) is 28.0 Å². The van der Waals surface area contributed by atoms with Crippen LogP contribution in [0.2, 0.25) is 0 Å². The Morgan fingerprint density at radius 3 is 2.64 bits per heavy atom. The maximum Gasteiger partial charge on any atom is 0.401 e. The maximum absolute atomic E-state index is 12.6. The number of fused-ring (bicyclic) bond motifs is 3. The summed E-state index contributed by atoms with van der Waals surface area (Å²) in [6.45, 7) is -0.686. The van der Waals surface area contributed by atoms with Gasteiger partial charge in [0.1, 0.15) is 5.65 Å². The molecule has 3 aromatic heterocycles. The van der Waals surface area contributed by atoms with Gasteiger partial charge in [-0.15, -0.1) is 0 Å². The standard InChI is InChI=1S/C18H20F3N5O2/c19-18(20,21)9-22-7-10-1-3-11(4-2-10)26-14-12-5-6-23-15(12)24-8-13(14)16(27)25-17(26)28/h5-6,8,10-11,22H,1-4,7,9H2,(H,23,24)(H,25,27,28). The molecule has 28 heavy (non-hydrogen) atoms. The van der Waals surface area contributed by atoms with E-state index in [0.29, 0.717) is 54.2 Å². The van der Waals surface area contributed by atoms with Crippen LogP contribution in [0.4, 0.5) is 13.2 Å². The second-order valence-electron chi connectivity index (χ2n) is 7.31. The number of pyridine rings is 1. The van der Waals surface area contributed by atoms with E-state index >= 15 is 0 Å². The summed E-state index contributed by atoms with van der Waals surface area (Å²) in [6, 6.07) is 1.67.